The molecular weight excluding hydrogens is 687 g/mol. The van der Waals surface area contributed by atoms with Crippen molar-refractivity contribution in [2.75, 3.05) is 0 Å². The minimum Gasteiger partial charge on any atom is -0.508 e. The molecule has 4 aromatic rings. The van der Waals surface area contributed by atoms with Gasteiger partial charge < -0.3 is 30.6 Å². The molecule has 0 fully saturated rings. The molecule has 6 N–H and O–H groups in total. The molecule has 261 valence electrons. The second-order valence-corrected chi connectivity index (χ2v) is 12.5. The van der Waals surface area contributed by atoms with Crippen molar-refractivity contribution in [2.24, 2.45) is 20.5 Å². The van der Waals surface area contributed by atoms with Crippen molar-refractivity contribution in [3.8, 4) is 34.5 Å². The van der Waals surface area contributed by atoms with Gasteiger partial charge >= 0.3 is 0 Å². The first-order chi connectivity index (χ1) is 22.2. The predicted octanol–water partition coefficient (Wildman–Crippen LogP) is 8.85. The van der Waals surface area contributed by atoms with E-state index in [-0.39, 0.29) is 84.7 Å². The van der Waals surface area contributed by atoms with Crippen molar-refractivity contribution >= 4 is 34.1 Å². The summed E-state index contributed by atoms with van der Waals surface area (Å²) in [7, 11) is 0. The zero-order chi connectivity index (χ0) is 36.1. The number of azo groups is 2. The molecule has 0 bridgehead atoms. The summed E-state index contributed by atoms with van der Waals surface area (Å²) in [6.07, 6.45) is 0. The van der Waals surface area contributed by atoms with E-state index >= 15 is 0 Å². The number of hydrogen-bond donors (Lipinski definition) is 6. The van der Waals surface area contributed by atoms with Gasteiger partial charge in [-0.2, -0.15) is 0 Å². The molecule has 4 rings (SSSR count). The number of nitro benzene ring substituents is 2. The molecule has 0 unspecified atom stereocenters. The molecule has 0 atom stereocenters. The number of nitro groups is 2. The molecule has 0 saturated heterocycles. The molecule has 1 radical (unpaired) electrons. The van der Waals surface area contributed by atoms with E-state index in [4.69, 9.17) is 0 Å². The van der Waals surface area contributed by atoms with Crippen LogP contribution in [0.25, 0.3) is 0 Å². The molecule has 16 nitrogen and oxygen atoms in total. The van der Waals surface area contributed by atoms with Crippen LogP contribution in [0.5, 0.6) is 34.5 Å². The average Bonchev–Trinajstić information content (AvgIpc) is 2.96. The van der Waals surface area contributed by atoms with Gasteiger partial charge in [-0.3, -0.25) is 20.2 Å². The Hall–Kier alpha value is -5.81. The zero-order valence-electron chi connectivity index (χ0n) is 27.1. The molecule has 0 aliphatic rings. The van der Waals surface area contributed by atoms with Gasteiger partial charge in [0.1, 0.15) is 57.2 Å². The van der Waals surface area contributed by atoms with E-state index in [2.05, 4.69) is 20.5 Å². The largest absolute Gasteiger partial charge is 0.508 e. The fourth-order valence-corrected chi connectivity index (χ4v) is 4.13. The van der Waals surface area contributed by atoms with E-state index in [9.17, 15) is 50.9 Å². The molecule has 0 aliphatic carbocycles. The second-order valence-electron chi connectivity index (χ2n) is 12.5. The van der Waals surface area contributed by atoms with Crippen LogP contribution >= 0.6 is 0 Å². The third kappa shape index (κ3) is 10.1. The Morgan fingerprint density at radius 2 is 0.755 bits per heavy atom. The first-order valence-corrected chi connectivity index (χ1v) is 14.1. The van der Waals surface area contributed by atoms with E-state index in [1.54, 1.807) is 0 Å². The van der Waals surface area contributed by atoms with Gasteiger partial charge in [0.15, 0.2) is 0 Å². The molecule has 0 heterocycles. The molecule has 49 heavy (non-hydrogen) atoms. The van der Waals surface area contributed by atoms with E-state index in [0.29, 0.717) is 11.1 Å². The first-order valence-electron chi connectivity index (χ1n) is 14.1. The van der Waals surface area contributed by atoms with Crippen LogP contribution in [0.15, 0.2) is 81.1 Å². The summed E-state index contributed by atoms with van der Waals surface area (Å²) >= 11 is 0. The van der Waals surface area contributed by atoms with Gasteiger partial charge in [0, 0.05) is 52.2 Å². The van der Waals surface area contributed by atoms with Crippen molar-refractivity contribution in [3.05, 3.63) is 92.0 Å². The minimum atomic E-state index is -0.637. The second kappa shape index (κ2) is 15.4. The Morgan fingerprint density at radius 1 is 0.469 bits per heavy atom. The van der Waals surface area contributed by atoms with Gasteiger partial charge in [-0.25, -0.2) is 0 Å². The van der Waals surface area contributed by atoms with Gasteiger partial charge in [0.2, 0.25) is 0 Å². The first kappa shape index (κ1) is 39.4. The molecule has 0 amide bonds. The summed E-state index contributed by atoms with van der Waals surface area (Å²) in [5.41, 5.74) is 0.101. The average molecular weight is 722 g/mol. The van der Waals surface area contributed by atoms with E-state index in [0.717, 1.165) is 12.1 Å². The van der Waals surface area contributed by atoms with E-state index in [1.807, 2.05) is 41.5 Å². The summed E-state index contributed by atoms with van der Waals surface area (Å²) in [5, 5.41) is 95.7. The van der Waals surface area contributed by atoms with E-state index < -0.39 is 21.3 Å². The van der Waals surface area contributed by atoms with Gasteiger partial charge in [0.25, 0.3) is 11.4 Å². The van der Waals surface area contributed by atoms with Crippen LogP contribution in [0.3, 0.4) is 0 Å². The van der Waals surface area contributed by atoms with E-state index in [1.165, 1.54) is 48.5 Å². The quantitative estimate of drug-likeness (QED) is 0.0626. The number of aromatic hydroxyl groups is 6. The molecular formula is C32H34CoN6O10. The maximum Gasteiger partial charge on any atom is 0.273 e. The van der Waals surface area contributed by atoms with Crippen LogP contribution < -0.4 is 0 Å². The van der Waals surface area contributed by atoms with Crippen LogP contribution in [0.4, 0.5) is 34.1 Å². The van der Waals surface area contributed by atoms with Crippen LogP contribution in [-0.4, -0.2) is 40.5 Å². The van der Waals surface area contributed by atoms with Crippen LogP contribution in [0, 0.1) is 20.2 Å². The number of hydrogen-bond acceptors (Lipinski definition) is 14. The SMILES string of the molecule is CC(C)(C)c1cc(N=Nc2ccc([N+](=O)[O-])cc2O)c(O)cc1O.CC(C)(C)c1cc(N=Nc2ccc([N+](=O)[O-])cc2O)c(O)cc1O.[Co]. The number of benzene rings is 4. The van der Waals surface area contributed by atoms with Crippen molar-refractivity contribution in [2.45, 2.75) is 52.4 Å². The fourth-order valence-electron chi connectivity index (χ4n) is 4.13. The molecule has 4 aromatic carbocycles. The standard InChI is InChI=1S/2C16H17N3O5.Co/c2*1-16(2,3)10-7-12(15(22)8-13(10)20)18-17-11-5-4-9(19(23)24)6-14(11)21;/h2*4-8,20-22H,1-3H3;. The summed E-state index contributed by atoms with van der Waals surface area (Å²) < 4.78 is 0. The van der Waals surface area contributed by atoms with Crippen LogP contribution in [0.1, 0.15) is 52.7 Å². The molecule has 0 aromatic heterocycles. The van der Waals surface area contributed by atoms with Crippen molar-refractivity contribution in [3.63, 3.8) is 0 Å². The number of non-ortho nitro benzene ring substituents is 2. The maximum absolute atomic E-state index is 10.6. The smallest absolute Gasteiger partial charge is 0.273 e. The Morgan fingerprint density at radius 3 is 1.02 bits per heavy atom. The van der Waals surface area contributed by atoms with Crippen molar-refractivity contribution < 1.29 is 57.3 Å². The van der Waals surface area contributed by atoms with Gasteiger partial charge in [0.05, 0.1) is 22.0 Å². The van der Waals surface area contributed by atoms with Gasteiger partial charge in [-0.15, -0.1) is 20.5 Å². The third-order valence-corrected chi connectivity index (χ3v) is 6.67. The minimum absolute atomic E-state index is 0. The summed E-state index contributed by atoms with van der Waals surface area (Å²) in [6.45, 7) is 11.3. The number of nitrogens with zero attached hydrogens (tertiary/aromatic N) is 6. The molecule has 17 heteroatoms. The van der Waals surface area contributed by atoms with Crippen molar-refractivity contribution in [1.82, 2.24) is 0 Å². The van der Waals surface area contributed by atoms with Gasteiger partial charge in [-0.1, -0.05) is 41.5 Å². The summed E-state index contributed by atoms with van der Waals surface area (Å²) in [4.78, 5) is 20.0. The number of phenolic OH excluding ortho intramolecular Hbond substituents is 6. The predicted molar refractivity (Wildman–Crippen MR) is 175 cm³/mol. The molecule has 0 saturated carbocycles. The fraction of sp³-hybridized carbons (Fsp3) is 0.250. The monoisotopic (exact) mass is 721 g/mol. The van der Waals surface area contributed by atoms with Crippen LogP contribution in [-0.2, 0) is 27.6 Å². The number of rotatable bonds is 6. The normalized spacial score (nSPS) is 11.6. The van der Waals surface area contributed by atoms with Gasteiger partial charge in [-0.05, 0) is 35.1 Å². The summed E-state index contributed by atoms with van der Waals surface area (Å²) in [5.74, 6) is -1.46. The Kier molecular flexibility index (Phi) is 12.4. The Labute approximate surface area is 290 Å². The zero-order valence-corrected chi connectivity index (χ0v) is 28.1. The summed E-state index contributed by atoms with van der Waals surface area (Å²) in [6, 6.07) is 12.1. The number of phenols is 6. The third-order valence-electron chi connectivity index (χ3n) is 6.67. The maximum atomic E-state index is 10.6. The molecule has 0 aliphatic heterocycles. The molecule has 0 spiro atoms. The topological polar surface area (TPSA) is 257 Å². The Balaban J connectivity index is 0.000000333. The van der Waals surface area contributed by atoms with Crippen LogP contribution in [0.2, 0.25) is 0 Å². The Bertz CT molecular complexity index is 1800. The van der Waals surface area contributed by atoms with Crippen molar-refractivity contribution in [1.29, 1.82) is 0 Å².